The largest absolute Gasteiger partial charge is 0.504 e. The van der Waals surface area contributed by atoms with Crippen LogP contribution in [0.2, 0.25) is 0 Å². The SMILES string of the molecule is CCOc1cc(C=NNC(=O)C=Cc2ccc(C)cc2)ccc1O. The fraction of sp³-hybridized carbons (Fsp3) is 0.158. The second kappa shape index (κ2) is 8.53. The molecule has 0 aliphatic heterocycles. The predicted molar refractivity (Wildman–Crippen MR) is 95.2 cm³/mol. The smallest absolute Gasteiger partial charge is 0.264 e. The van der Waals surface area contributed by atoms with Gasteiger partial charge < -0.3 is 9.84 Å². The summed E-state index contributed by atoms with van der Waals surface area (Å²) in [6, 6.07) is 12.7. The van der Waals surface area contributed by atoms with Gasteiger partial charge in [0.15, 0.2) is 11.5 Å². The second-order valence-corrected chi connectivity index (χ2v) is 5.14. The van der Waals surface area contributed by atoms with Gasteiger partial charge in [0, 0.05) is 6.08 Å². The van der Waals surface area contributed by atoms with Crippen molar-refractivity contribution in [3.8, 4) is 11.5 Å². The molecule has 0 aliphatic rings. The second-order valence-electron chi connectivity index (χ2n) is 5.14. The molecule has 0 heterocycles. The number of benzene rings is 2. The first-order chi connectivity index (χ1) is 11.6. The Morgan fingerprint density at radius 2 is 1.92 bits per heavy atom. The third-order valence-corrected chi connectivity index (χ3v) is 3.18. The fourth-order valence-corrected chi connectivity index (χ4v) is 1.94. The maximum atomic E-state index is 11.7. The Hall–Kier alpha value is -3.08. The van der Waals surface area contributed by atoms with Crippen LogP contribution in [-0.2, 0) is 4.79 Å². The van der Waals surface area contributed by atoms with Crippen LogP contribution in [0.4, 0.5) is 0 Å². The summed E-state index contributed by atoms with van der Waals surface area (Å²) in [5, 5.41) is 13.5. The molecule has 0 bridgehead atoms. The molecule has 0 fully saturated rings. The van der Waals surface area contributed by atoms with Gasteiger partial charge in [-0.25, -0.2) is 5.43 Å². The molecule has 2 aromatic rings. The number of carbonyl (C=O) groups is 1. The summed E-state index contributed by atoms with van der Waals surface area (Å²) in [7, 11) is 0. The first-order valence-electron chi connectivity index (χ1n) is 7.62. The standard InChI is InChI=1S/C19H20N2O3/c1-3-24-18-12-16(8-10-17(18)22)13-20-21-19(23)11-9-15-6-4-14(2)5-7-15/h4-13,22H,3H2,1-2H3,(H,21,23). The van der Waals surface area contributed by atoms with Crippen LogP contribution >= 0.6 is 0 Å². The third kappa shape index (κ3) is 5.28. The number of amides is 1. The molecule has 0 spiro atoms. The highest BCUT2D eigenvalue weighted by atomic mass is 16.5. The van der Waals surface area contributed by atoms with Gasteiger partial charge in [0.05, 0.1) is 12.8 Å². The number of aryl methyl sites for hydroxylation is 1. The number of carbonyl (C=O) groups excluding carboxylic acids is 1. The molecule has 1 amide bonds. The van der Waals surface area contributed by atoms with Crippen LogP contribution in [0, 0.1) is 6.92 Å². The number of hydrazone groups is 1. The molecule has 2 N–H and O–H groups in total. The highest BCUT2D eigenvalue weighted by Gasteiger charge is 2.02. The van der Waals surface area contributed by atoms with E-state index in [0.717, 1.165) is 5.56 Å². The molecular weight excluding hydrogens is 304 g/mol. The maximum Gasteiger partial charge on any atom is 0.264 e. The van der Waals surface area contributed by atoms with Crippen molar-refractivity contribution in [1.29, 1.82) is 0 Å². The van der Waals surface area contributed by atoms with Crippen molar-refractivity contribution in [3.63, 3.8) is 0 Å². The van der Waals surface area contributed by atoms with Crippen LogP contribution in [-0.4, -0.2) is 23.8 Å². The van der Waals surface area contributed by atoms with Gasteiger partial charge in [-0.2, -0.15) is 5.10 Å². The lowest BCUT2D eigenvalue weighted by atomic mass is 10.1. The number of rotatable bonds is 6. The van der Waals surface area contributed by atoms with E-state index < -0.39 is 0 Å². The van der Waals surface area contributed by atoms with Crippen LogP contribution in [0.25, 0.3) is 6.08 Å². The van der Waals surface area contributed by atoms with Crippen LogP contribution in [0.1, 0.15) is 23.6 Å². The zero-order valence-corrected chi connectivity index (χ0v) is 13.7. The van der Waals surface area contributed by atoms with E-state index in [4.69, 9.17) is 4.74 Å². The fourth-order valence-electron chi connectivity index (χ4n) is 1.94. The van der Waals surface area contributed by atoms with Gasteiger partial charge in [0.2, 0.25) is 0 Å². The molecule has 2 rings (SSSR count). The van der Waals surface area contributed by atoms with Gasteiger partial charge in [-0.05, 0) is 49.2 Å². The van der Waals surface area contributed by atoms with Gasteiger partial charge >= 0.3 is 0 Å². The van der Waals surface area contributed by atoms with Gasteiger partial charge in [0.1, 0.15) is 0 Å². The Balaban J connectivity index is 1.92. The van der Waals surface area contributed by atoms with E-state index in [-0.39, 0.29) is 11.7 Å². The molecule has 5 heteroatoms. The van der Waals surface area contributed by atoms with Crippen molar-refractivity contribution >= 4 is 18.2 Å². The topological polar surface area (TPSA) is 70.9 Å². The molecule has 0 aliphatic carbocycles. The van der Waals surface area contributed by atoms with Crippen molar-refractivity contribution in [2.75, 3.05) is 6.61 Å². The summed E-state index contributed by atoms with van der Waals surface area (Å²) in [5.41, 5.74) is 5.24. The molecule has 0 unspecified atom stereocenters. The van der Waals surface area contributed by atoms with Crippen LogP contribution in [0.3, 0.4) is 0 Å². The molecule has 0 saturated heterocycles. The third-order valence-electron chi connectivity index (χ3n) is 3.18. The number of ether oxygens (including phenoxy) is 1. The van der Waals surface area contributed by atoms with E-state index in [1.54, 1.807) is 18.2 Å². The molecule has 24 heavy (non-hydrogen) atoms. The number of aromatic hydroxyl groups is 1. The Labute approximate surface area is 141 Å². The van der Waals surface area contributed by atoms with Crippen LogP contribution in [0.5, 0.6) is 11.5 Å². The van der Waals surface area contributed by atoms with E-state index in [1.165, 1.54) is 23.9 Å². The minimum absolute atomic E-state index is 0.0686. The van der Waals surface area contributed by atoms with Gasteiger partial charge in [-0.3, -0.25) is 4.79 Å². The van der Waals surface area contributed by atoms with Crippen LogP contribution < -0.4 is 10.2 Å². The Morgan fingerprint density at radius 3 is 2.62 bits per heavy atom. The van der Waals surface area contributed by atoms with Gasteiger partial charge in [-0.1, -0.05) is 29.8 Å². The normalized spacial score (nSPS) is 11.1. The zero-order chi connectivity index (χ0) is 17.4. The lowest BCUT2D eigenvalue weighted by molar-refractivity contribution is -0.116. The number of phenolic OH excluding ortho intramolecular Hbond substituents is 1. The average molecular weight is 324 g/mol. The van der Waals surface area contributed by atoms with Gasteiger partial charge in [-0.15, -0.1) is 0 Å². The summed E-state index contributed by atoms with van der Waals surface area (Å²) in [5.74, 6) is 0.127. The van der Waals surface area contributed by atoms with E-state index >= 15 is 0 Å². The van der Waals surface area contributed by atoms with E-state index in [9.17, 15) is 9.90 Å². The maximum absolute atomic E-state index is 11.7. The Bertz CT molecular complexity index is 750. The minimum atomic E-state index is -0.323. The van der Waals surface area contributed by atoms with Crippen molar-refractivity contribution < 1.29 is 14.6 Å². The summed E-state index contributed by atoms with van der Waals surface area (Å²) in [6.45, 7) is 4.30. The lowest BCUT2D eigenvalue weighted by Crippen LogP contribution is -2.14. The molecule has 0 saturated carbocycles. The number of hydrogen-bond donors (Lipinski definition) is 2. The number of nitrogens with one attached hydrogen (secondary N) is 1. The van der Waals surface area contributed by atoms with Crippen molar-refractivity contribution in [1.82, 2.24) is 5.43 Å². The summed E-state index contributed by atoms with van der Waals surface area (Å²) < 4.78 is 5.29. The van der Waals surface area contributed by atoms with E-state index in [2.05, 4.69) is 10.5 Å². The Kier molecular flexibility index (Phi) is 6.14. The van der Waals surface area contributed by atoms with E-state index in [1.807, 2.05) is 38.1 Å². The molecule has 0 atom stereocenters. The average Bonchev–Trinajstić information content (AvgIpc) is 2.57. The highest BCUT2D eigenvalue weighted by Crippen LogP contribution is 2.26. The quantitative estimate of drug-likeness (QED) is 0.487. The van der Waals surface area contributed by atoms with Crippen molar-refractivity contribution in [2.24, 2.45) is 5.10 Å². The summed E-state index contributed by atoms with van der Waals surface area (Å²) in [6.07, 6.45) is 4.63. The lowest BCUT2D eigenvalue weighted by Gasteiger charge is -2.05. The first-order valence-corrected chi connectivity index (χ1v) is 7.62. The first kappa shape index (κ1) is 17.3. The summed E-state index contributed by atoms with van der Waals surface area (Å²) in [4.78, 5) is 11.7. The van der Waals surface area contributed by atoms with Crippen LogP contribution in [0.15, 0.2) is 53.6 Å². The molecule has 124 valence electrons. The Morgan fingerprint density at radius 1 is 1.21 bits per heavy atom. The van der Waals surface area contributed by atoms with Crippen molar-refractivity contribution in [3.05, 3.63) is 65.2 Å². The van der Waals surface area contributed by atoms with Crippen molar-refractivity contribution in [2.45, 2.75) is 13.8 Å². The minimum Gasteiger partial charge on any atom is -0.504 e. The predicted octanol–water partition coefficient (Wildman–Crippen LogP) is 3.26. The molecule has 0 aromatic heterocycles. The molecule has 0 radical (unpaired) electrons. The number of hydrogen-bond acceptors (Lipinski definition) is 4. The highest BCUT2D eigenvalue weighted by molar-refractivity contribution is 5.92. The van der Waals surface area contributed by atoms with E-state index in [0.29, 0.717) is 17.9 Å². The molecule has 5 nitrogen and oxygen atoms in total. The number of nitrogens with zero attached hydrogens (tertiary/aromatic N) is 1. The molecular formula is C19H20N2O3. The molecule has 2 aromatic carbocycles. The number of phenols is 1. The zero-order valence-electron chi connectivity index (χ0n) is 13.7. The summed E-state index contributed by atoms with van der Waals surface area (Å²) >= 11 is 0. The van der Waals surface area contributed by atoms with Gasteiger partial charge in [0.25, 0.3) is 5.91 Å². The monoisotopic (exact) mass is 324 g/mol.